The van der Waals surface area contributed by atoms with Crippen LogP contribution in [0.3, 0.4) is 0 Å². The Kier molecular flexibility index (Phi) is 4.46. The zero-order valence-electron chi connectivity index (χ0n) is 12.3. The van der Waals surface area contributed by atoms with Crippen molar-refractivity contribution in [2.75, 3.05) is 0 Å². The lowest BCUT2D eigenvalue weighted by molar-refractivity contribution is -0.384. The lowest BCUT2D eigenvalue weighted by Gasteiger charge is -2.07. The molecule has 5 nitrogen and oxygen atoms in total. The maximum Gasteiger partial charge on any atom is 0.269 e. The van der Waals surface area contributed by atoms with E-state index < -0.39 is 10.8 Å². The fraction of sp³-hybridized carbons (Fsp3) is 0.176. The molecule has 0 amide bonds. The van der Waals surface area contributed by atoms with Crippen LogP contribution < -0.4 is 0 Å². The Balaban J connectivity index is 2.23. The summed E-state index contributed by atoms with van der Waals surface area (Å²) < 4.78 is 0. The number of nitrogens with zero attached hydrogens (tertiary/aromatic N) is 1. The summed E-state index contributed by atoms with van der Waals surface area (Å²) in [6.07, 6.45) is 0. The molecule has 0 radical (unpaired) electrons. The highest BCUT2D eigenvalue weighted by atomic mass is 16.6. The summed E-state index contributed by atoms with van der Waals surface area (Å²) in [4.78, 5) is 33.5. The molecular weight excluding hydrogens is 282 g/mol. The number of rotatable bonds is 5. The third-order valence-corrected chi connectivity index (χ3v) is 3.58. The number of carbonyl (C=O) groups excluding carboxylic acids is 2. The number of benzene rings is 2. The van der Waals surface area contributed by atoms with Gasteiger partial charge in [-0.05, 0) is 37.1 Å². The maximum absolute atomic E-state index is 12.1. The zero-order chi connectivity index (χ0) is 16.3. The number of hydrogen-bond donors (Lipinski definition) is 0. The Labute approximate surface area is 127 Å². The van der Waals surface area contributed by atoms with Gasteiger partial charge in [-0.2, -0.15) is 0 Å². The topological polar surface area (TPSA) is 77.3 Å². The molecule has 22 heavy (non-hydrogen) atoms. The quantitative estimate of drug-likeness (QED) is 0.365. The van der Waals surface area contributed by atoms with Gasteiger partial charge in [0.25, 0.3) is 5.69 Å². The van der Waals surface area contributed by atoms with Crippen molar-refractivity contribution in [1.82, 2.24) is 0 Å². The number of hydrogen-bond acceptors (Lipinski definition) is 4. The second-order valence-corrected chi connectivity index (χ2v) is 5.08. The second-order valence-electron chi connectivity index (χ2n) is 5.08. The van der Waals surface area contributed by atoms with Crippen LogP contribution in [0.2, 0.25) is 0 Å². The molecule has 2 rings (SSSR count). The normalized spacial score (nSPS) is 11.7. The average molecular weight is 297 g/mol. The largest absolute Gasteiger partial charge is 0.299 e. The first kappa shape index (κ1) is 15.6. The number of non-ortho nitro benzene ring substituents is 1. The van der Waals surface area contributed by atoms with Crippen LogP contribution in [0.1, 0.15) is 24.2 Å². The first-order valence-electron chi connectivity index (χ1n) is 6.79. The number of ketones is 2. The number of carbonyl (C=O) groups is 2. The van der Waals surface area contributed by atoms with E-state index in [2.05, 4.69) is 0 Å². The van der Waals surface area contributed by atoms with Gasteiger partial charge in [-0.3, -0.25) is 19.7 Å². The predicted octanol–water partition coefficient (Wildman–Crippen LogP) is 3.67. The van der Waals surface area contributed by atoms with Crippen molar-refractivity contribution in [1.29, 1.82) is 0 Å². The van der Waals surface area contributed by atoms with Crippen LogP contribution in [-0.4, -0.2) is 16.5 Å². The van der Waals surface area contributed by atoms with E-state index in [1.54, 1.807) is 43.3 Å². The van der Waals surface area contributed by atoms with Crippen LogP contribution in [0, 0.1) is 16.0 Å². The van der Waals surface area contributed by atoms with Crippen molar-refractivity contribution < 1.29 is 14.5 Å². The molecule has 0 aliphatic rings. The molecule has 0 saturated heterocycles. The monoisotopic (exact) mass is 297 g/mol. The fourth-order valence-corrected chi connectivity index (χ4v) is 2.04. The van der Waals surface area contributed by atoms with E-state index in [-0.39, 0.29) is 17.3 Å². The van der Waals surface area contributed by atoms with Gasteiger partial charge in [-0.15, -0.1) is 0 Å². The number of nitro groups is 1. The van der Waals surface area contributed by atoms with Crippen LogP contribution in [0.4, 0.5) is 5.69 Å². The molecule has 0 aliphatic heterocycles. The van der Waals surface area contributed by atoms with E-state index >= 15 is 0 Å². The van der Waals surface area contributed by atoms with Crippen LogP contribution >= 0.6 is 0 Å². The summed E-state index contributed by atoms with van der Waals surface area (Å²) in [5.41, 5.74) is 2.19. The Hall–Kier alpha value is -2.82. The highest BCUT2D eigenvalue weighted by Crippen LogP contribution is 2.23. The van der Waals surface area contributed by atoms with E-state index in [0.29, 0.717) is 5.56 Å². The van der Waals surface area contributed by atoms with E-state index in [4.69, 9.17) is 0 Å². The highest BCUT2D eigenvalue weighted by molar-refractivity contribution is 6.09. The summed E-state index contributed by atoms with van der Waals surface area (Å²) in [5, 5.41) is 10.6. The SMILES string of the molecule is CC(=O)C(C)C(=O)c1ccc(-c2ccc([N+](=O)[O-])cc2)cc1. The molecular formula is C17H15NO4. The molecule has 0 fully saturated rings. The Morgan fingerprint density at radius 3 is 1.82 bits per heavy atom. The van der Waals surface area contributed by atoms with Crippen molar-refractivity contribution in [2.24, 2.45) is 5.92 Å². The van der Waals surface area contributed by atoms with E-state index in [0.717, 1.165) is 11.1 Å². The molecule has 0 spiro atoms. The van der Waals surface area contributed by atoms with Gasteiger partial charge in [-0.25, -0.2) is 0 Å². The van der Waals surface area contributed by atoms with Gasteiger partial charge in [0.15, 0.2) is 5.78 Å². The highest BCUT2D eigenvalue weighted by Gasteiger charge is 2.19. The molecule has 112 valence electrons. The fourth-order valence-electron chi connectivity index (χ4n) is 2.04. The van der Waals surface area contributed by atoms with Gasteiger partial charge >= 0.3 is 0 Å². The molecule has 0 bridgehead atoms. The summed E-state index contributed by atoms with van der Waals surface area (Å²) in [6.45, 7) is 2.99. The lowest BCUT2D eigenvalue weighted by atomic mass is 9.94. The molecule has 2 aromatic rings. The van der Waals surface area contributed by atoms with Crippen molar-refractivity contribution in [3.63, 3.8) is 0 Å². The minimum absolute atomic E-state index is 0.0332. The lowest BCUT2D eigenvalue weighted by Crippen LogP contribution is -2.18. The van der Waals surface area contributed by atoms with Gasteiger partial charge in [0.05, 0.1) is 10.8 Å². The van der Waals surface area contributed by atoms with Gasteiger partial charge < -0.3 is 0 Å². The second kappa shape index (κ2) is 6.30. The molecule has 0 N–H and O–H groups in total. The summed E-state index contributed by atoms with van der Waals surface area (Å²) >= 11 is 0. The first-order valence-corrected chi connectivity index (χ1v) is 6.79. The molecule has 2 aromatic carbocycles. The summed E-state index contributed by atoms with van der Waals surface area (Å²) in [7, 11) is 0. The third-order valence-electron chi connectivity index (χ3n) is 3.58. The molecule has 1 atom stereocenters. The van der Waals surface area contributed by atoms with Crippen LogP contribution in [0.25, 0.3) is 11.1 Å². The summed E-state index contributed by atoms with van der Waals surface area (Å²) in [5.74, 6) is -1.02. The Bertz CT molecular complexity index is 717. The Morgan fingerprint density at radius 1 is 0.955 bits per heavy atom. The van der Waals surface area contributed by atoms with Crippen molar-refractivity contribution in [2.45, 2.75) is 13.8 Å². The van der Waals surface area contributed by atoms with Crippen LogP contribution in [0.15, 0.2) is 48.5 Å². The first-order chi connectivity index (χ1) is 10.4. The minimum Gasteiger partial charge on any atom is -0.299 e. The van der Waals surface area contributed by atoms with E-state index in [9.17, 15) is 19.7 Å². The van der Waals surface area contributed by atoms with Crippen molar-refractivity contribution >= 4 is 17.3 Å². The van der Waals surface area contributed by atoms with Gasteiger partial charge in [0.2, 0.25) is 0 Å². The van der Waals surface area contributed by atoms with Gasteiger partial charge in [0.1, 0.15) is 5.78 Å². The number of nitro benzene ring substituents is 1. The predicted molar refractivity (Wildman–Crippen MR) is 82.7 cm³/mol. The Morgan fingerprint density at radius 2 is 1.41 bits per heavy atom. The van der Waals surface area contributed by atoms with Crippen LogP contribution in [-0.2, 0) is 4.79 Å². The minimum atomic E-state index is -0.648. The molecule has 5 heteroatoms. The van der Waals surface area contributed by atoms with Crippen molar-refractivity contribution in [3.8, 4) is 11.1 Å². The molecule has 0 aromatic heterocycles. The smallest absolute Gasteiger partial charge is 0.269 e. The average Bonchev–Trinajstić information content (AvgIpc) is 2.53. The summed E-state index contributed by atoms with van der Waals surface area (Å²) in [6, 6.07) is 13.1. The van der Waals surface area contributed by atoms with Gasteiger partial charge in [0, 0.05) is 17.7 Å². The molecule has 1 unspecified atom stereocenters. The third kappa shape index (κ3) is 3.25. The van der Waals surface area contributed by atoms with Crippen LogP contribution in [0.5, 0.6) is 0 Å². The molecule has 0 heterocycles. The maximum atomic E-state index is 12.1. The van der Waals surface area contributed by atoms with E-state index in [1.165, 1.54) is 19.1 Å². The number of Topliss-reactive ketones (excluding diaryl/α,β-unsaturated/α-hetero) is 2. The standard InChI is InChI=1S/C17H15NO4/c1-11(12(2)19)17(20)15-5-3-13(4-6-15)14-7-9-16(10-8-14)18(21)22/h3-11H,1-2H3. The molecule has 0 saturated carbocycles. The zero-order valence-corrected chi connectivity index (χ0v) is 12.3. The van der Waals surface area contributed by atoms with Gasteiger partial charge in [-0.1, -0.05) is 24.3 Å². The molecule has 0 aliphatic carbocycles. The van der Waals surface area contributed by atoms with Crippen molar-refractivity contribution in [3.05, 3.63) is 64.2 Å². The van der Waals surface area contributed by atoms with E-state index in [1.807, 2.05) is 0 Å².